The Kier molecular flexibility index (Phi) is 6.17. The number of imide groups is 1. The van der Waals surface area contributed by atoms with E-state index in [4.69, 9.17) is 12.2 Å². The predicted molar refractivity (Wildman–Crippen MR) is 85.8 cm³/mol. The zero-order chi connectivity index (χ0) is 15.2. The molecule has 0 aromatic heterocycles. The van der Waals surface area contributed by atoms with E-state index in [1.54, 1.807) is 0 Å². The Hall–Kier alpha value is -0.950. The van der Waals surface area contributed by atoms with Gasteiger partial charge in [-0.2, -0.15) is 0 Å². The molecule has 21 heavy (non-hydrogen) atoms. The molecule has 0 saturated carbocycles. The number of thioether (sulfide) groups is 1. The van der Waals surface area contributed by atoms with Crippen molar-refractivity contribution in [2.75, 3.05) is 18.8 Å². The van der Waals surface area contributed by atoms with E-state index in [1.165, 1.54) is 24.6 Å². The molecular weight excluding hydrogens is 308 g/mol. The van der Waals surface area contributed by atoms with Crippen molar-refractivity contribution in [2.24, 2.45) is 0 Å². The van der Waals surface area contributed by atoms with Crippen LogP contribution in [-0.4, -0.2) is 50.7 Å². The molecule has 2 saturated heterocycles. The van der Waals surface area contributed by atoms with Gasteiger partial charge in [-0.15, -0.1) is 0 Å². The molecule has 0 unspecified atom stereocenters. The summed E-state index contributed by atoms with van der Waals surface area (Å²) < 4.78 is 0.283. The SMILES string of the molecule is O=C(CCSC(=S)N1C(=O)CCC1=O)N1CCCCCC1. The van der Waals surface area contributed by atoms with Crippen LogP contribution in [0, 0.1) is 0 Å². The largest absolute Gasteiger partial charge is 0.343 e. The lowest BCUT2D eigenvalue weighted by molar-refractivity contribution is -0.133. The zero-order valence-electron chi connectivity index (χ0n) is 12.0. The third kappa shape index (κ3) is 4.51. The molecule has 7 heteroatoms. The van der Waals surface area contributed by atoms with E-state index in [9.17, 15) is 14.4 Å². The van der Waals surface area contributed by atoms with Crippen LogP contribution in [0.5, 0.6) is 0 Å². The summed E-state index contributed by atoms with van der Waals surface area (Å²) in [6, 6.07) is 0. The van der Waals surface area contributed by atoms with Crippen LogP contribution in [0.2, 0.25) is 0 Å². The standard InChI is InChI=1S/C14H20N2O3S2/c17-11(15-8-3-1-2-4-9-15)7-10-21-14(20)16-12(18)5-6-13(16)19/h1-10H2. The summed E-state index contributed by atoms with van der Waals surface area (Å²) in [6.45, 7) is 1.69. The summed E-state index contributed by atoms with van der Waals surface area (Å²) >= 11 is 6.37. The van der Waals surface area contributed by atoms with Crippen LogP contribution in [0.25, 0.3) is 0 Å². The summed E-state index contributed by atoms with van der Waals surface area (Å²) in [5.74, 6) is 0.213. The number of nitrogens with zero attached hydrogens (tertiary/aromatic N) is 2. The first-order valence-corrected chi connectivity index (χ1v) is 8.79. The second-order valence-corrected chi connectivity index (χ2v) is 7.01. The number of hydrogen-bond donors (Lipinski definition) is 0. The molecule has 0 atom stereocenters. The minimum atomic E-state index is -0.226. The highest BCUT2D eigenvalue weighted by Gasteiger charge is 2.32. The van der Waals surface area contributed by atoms with E-state index >= 15 is 0 Å². The summed E-state index contributed by atoms with van der Waals surface area (Å²) in [5, 5.41) is 0. The fraction of sp³-hybridized carbons (Fsp3) is 0.714. The number of hydrogen-bond acceptors (Lipinski definition) is 5. The molecular formula is C14H20N2O3S2. The number of likely N-dealkylation sites (tertiary alicyclic amines) is 2. The summed E-state index contributed by atoms with van der Waals surface area (Å²) in [5.41, 5.74) is 0. The van der Waals surface area contributed by atoms with Gasteiger partial charge in [-0.1, -0.05) is 36.8 Å². The van der Waals surface area contributed by atoms with Gasteiger partial charge in [-0.3, -0.25) is 14.4 Å². The average Bonchev–Trinajstić information content (AvgIpc) is 2.69. The van der Waals surface area contributed by atoms with Crippen molar-refractivity contribution in [2.45, 2.75) is 44.9 Å². The van der Waals surface area contributed by atoms with E-state index < -0.39 is 0 Å². The second kappa shape index (κ2) is 7.89. The van der Waals surface area contributed by atoms with Crippen LogP contribution in [-0.2, 0) is 14.4 Å². The highest BCUT2D eigenvalue weighted by atomic mass is 32.2. The monoisotopic (exact) mass is 328 g/mol. The van der Waals surface area contributed by atoms with Crippen molar-refractivity contribution < 1.29 is 14.4 Å². The summed E-state index contributed by atoms with van der Waals surface area (Å²) in [7, 11) is 0. The Morgan fingerprint density at radius 2 is 1.62 bits per heavy atom. The van der Waals surface area contributed by atoms with Gasteiger partial charge >= 0.3 is 0 Å². The van der Waals surface area contributed by atoms with Gasteiger partial charge in [0.1, 0.15) is 4.32 Å². The molecule has 2 rings (SSSR count). The molecule has 116 valence electrons. The summed E-state index contributed by atoms with van der Waals surface area (Å²) in [6.07, 6.45) is 5.44. The first-order valence-electron chi connectivity index (χ1n) is 7.40. The van der Waals surface area contributed by atoms with E-state index in [-0.39, 0.29) is 34.9 Å². The molecule has 0 aromatic rings. The van der Waals surface area contributed by atoms with E-state index in [1.807, 2.05) is 4.90 Å². The van der Waals surface area contributed by atoms with Crippen LogP contribution in [0.3, 0.4) is 0 Å². The minimum absolute atomic E-state index is 0.145. The van der Waals surface area contributed by atoms with Gasteiger partial charge in [0.2, 0.25) is 17.7 Å². The maximum atomic E-state index is 12.1. The Labute approximate surface area is 134 Å². The number of carbonyl (C=O) groups excluding carboxylic acids is 3. The van der Waals surface area contributed by atoms with Gasteiger partial charge in [-0.05, 0) is 12.8 Å². The molecule has 5 nitrogen and oxygen atoms in total. The van der Waals surface area contributed by atoms with Gasteiger partial charge in [-0.25, -0.2) is 4.90 Å². The average molecular weight is 328 g/mol. The lowest BCUT2D eigenvalue weighted by Crippen LogP contribution is -2.34. The molecule has 0 bridgehead atoms. The molecule has 2 aliphatic rings. The molecule has 3 amide bonds. The van der Waals surface area contributed by atoms with Gasteiger partial charge < -0.3 is 4.90 Å². The fourth-order valence-electron chi connectivity index (χ4n) is 2.55. The van der Waals surface area contributed by atoms with Crippen molar-refractivity contribution in [3.05, 3.63) is 0 Å². The molecule has 2 fully saturated rings. The van der Waals surface area contributed by atoms with Crippen LogP contribution < -0.4 is 0 Å². The van der Waals surface area contributed by atoms with Crippen LogP contribution in [0.15, 0.2) is 0 Å². The third-order valence-electron chi connectivity index (χ3n) is 3.73. The third-order valence-corrected chi connectivity index (χ3v) is 5.11. The van der Waals surface area contributed by atoms with E-state index in [2.05, 4.69) is 0 Å². The zero-order valence-corrected chi connectivity index (χ0v) is 13.6. The highest BCUT2D eigenvalue weighted by molar-refractivity contribution is 8.23. The quantitative estimate of drug-likeness (QED) is 0.585. The van der Waals surface area contributed by atoms with Gasteiger partial charge in [0.15, 0.2) is 0 Å². The van der Waals surface area contributed by atoms with Crippen molar-refractivity contribution in [3.63, 3.8) is 0 Å². The number of amides is 3. The first-order chi connectivity index (χ1) is 10.1. The Balaban J connectivity index is 1.73. The summed E-state index contributed by atoms with van der Waals surface area (Å²) in [4.78, 5) is 38.2. The molecule has 2 heterocycles. The molecule has 0 aliphatic carbocycles. The lowest BCUT2D eigenvalue weighted by atomic mass is 10.2. The Bertz CT molecular complexity index is 430. The lowest BCUT2D eigenvalue weighted by Gasteiger charge is -2.20. The fourth-order valence-corrected chi connectivity index (χ4v) is 3.79. The maximum absolute atomic E-state index is 12.1. The molecule has 0 aromatic carbocycles. The van der Waals surface area contributed by atoms with Gasteiger partial charge in [0.25, 0.3) is 0 Å². The molecule has 0 spiro atoms. The molecule has 2 aliphatic heterocycles. The second-order valence-electron chi connectivity index (χ2n) is 5.28. The normalized spacial score (nSPS) is 19.8. The molecule has 0 N–H and O–H groups in total. The van der Waals surface area contributed by atoms with E-state index in [0.717, 1.165) is 30.8 Å². The highest BCUT2D eigenvalue weighted by Crippen LogP contribution is 2.20. The number of thiocarbonyl (C=S) groups is 1. The van der Waals surface area contributed by atoms with Crippen LogP contribution >= 0.6 is 24.0 Å². The van der Waals surface area contributed by atoms with Crippen LogP contribution in [0.1, 0.15) is 44.9 Å². The minimum Gasteiger partial charge on any atom is -0.343 e. The van der Waals surface area contributed by atoms with Crippen molar-refractivity contribution in [1.29, 1.82) is 0 Å². The topological polar surface area (TPSA) is 57.7 Å². The van der Waals surface area contributed by atoms with Crippen molar-refractivity contribution in [1.82, 2.24) is 9.80 Å². The van der Waals surface area contributed by atoms with Crippen molar-refractivity contribution in [3.8, 4) is 0 Å². The Morgan fingerprint density at radius 3 is 2.19 bits per heavy atom. The Morgan fingerprint density at radius 1 is 1.05 bits per heavy atom. The van der Waals surface area contributed by atoms with Crippen LogP contribution in [0.4, 0.5) is 0 Å². The van der Waals surface area contributed by atoms with Gasteiger partial charge in [0, 0.05) is 38.1 Å². The maximum Gasteiger partial charge on any atom is 0.235 e. The molecule has 0 radical (unpaired) electrons. The number of rotatable bonds is 3. The van der Waals surface area contributed by atoms with Gasteiger partial charge in [0.05, 0.1) is 0 Å². The number of carbonyl (C=O) groups is 3. The predicted octanol–water partition coefficient (Wildman–Crippen LogP) is 1.95. The first kappa shape index (κ1) is 16.4. The van der Waals surface area contributed by atoms with E-state index in [0.29, 0.717) is 12.2 Å². The van der Waals surface area contributed by atoms with Crippen molar-refractivity contribution >= 4 is 46.0 Å². The smallest absolute Gasteiger partial charge is 0.235 e.